The summed E-state index contributed by atoms with van der Waals surface area (Å²) in [7, 11) is 0. The fourth-order valence-electron chi connectivity index (χ4n) is 1.80. The van der Waals surface area contributed by atoms with Crippen LogP contribution in [0.15, 0.2) is 18.6 Å². The minimum Gasteiger partial charge on any atom is -0.505 e. The Bertz CT molecular complexity index is 606. The van der Waals surface area contributed by atoms with Crippen molar-refractivity contribution in [1.82, 2.24) is 14.8 Å². The Morgan fingerprint density at radius 2 is 2.17 bits per heavy atom. The van der Waals surface area contributed by atoms with E-state index in [9.17, 15) is 15.2 Å². The van der Waals surface area contributed by atoms with E-state index in [1.165, 1.54) is 23.3 Å². The van der Waals surface area contributed by atoms with Gasteiger partial charge in [0.05, 0.1) is 35.1 Å². The van der Waals surface area contributed by atoms with Gasteiger partial charge in [-0.2, -0.15) is 5.10 Å². The van der Waals surface area contributed by atoms with Crippen LogP contribution in [-0.4, -0.2) is 24.8 Å². The van der Waals surface area contributed by atoms with Gasteiger partial charge < -0.3 is 5.11 Å². The average Bonchev–Trinajstić information content (AvgIpc) is 2.68. The van der Waals surface area contributed by atoms with E-state index in [1.54, 1.807) is 13.8 Å². The maximum atomic E-state index is 11.0. The van der Waals surface area contributed by atoms with Crippen molar-refractivity contribution in [3.8, 4) is 5.75 Å². The summed E-state index contributed by atoms with van der Waals surface area (Å²) in [5.74, 6) is 0.0502. The summed E-state index contributed by atoms with van der Waals surface area (Å²) in [6.07, 6.45) is 4.22. The summed E-state index contributed by atoms with van der Waals surface area (Å²) in [4.78, 5) is 14.7. The average molecular weight is 248 g/mol. The normalized spacial score (nSPS) is 10.6. The van der Waals surface area contributed by atoms with E-state index in [2.05, 4.69) is 10.1 Å². The van der Waals surface area contributed by atoms with Crippen LogP contribution in [0, 0.1) is 24.0 Å². The van der Waals surface area contributed by atoms with Gasteiger partial charge in [-0.15, -0.1) is 0 Å². The fourth-order valence-corrected chi connectivity index (χ4v) is 1.80. The van der Waals surface area contributed by atoms with Gasteiger partial charge in [0, 0.05) is 11.8 Å². The van der Waals surface area contributed by atoms with Gasteiger partial charge in [-0.3, -0.25) is 19.8 Å². The molecule has 0 aliphatic rings. The summed E-state index contributed by atoms with van der Waals surface area (Å²) >= 11 is 0. The van der Waals surface area contributed by atoms with E-state index < -0.39 is 4.92 Å². The van der Waals surface area contributed by atoms with Crippen molar-refractivity contribution in [3.05, 3.63) is 45.5 Å². The molecule has 7 nitrogen and oxygen atoms in total. The lowest BCUT2D eigenvalue weighted by Crippen LogP contribution is -2.07. The smallest absolute Gasteiger partial charge is 0.278 e. The number of rotatable bonds is 3. The molecule has 0 bridgehead atoms. The first kappa shape index (κ1) is 12.0. The SMILES string of the molecule is Cc1cnc(Cn2cc(O)cn2)c(C)c1[N+](=O)[O-]. The van der Waals surface area contributed by atoms with Crippen molar-refractivity contribution < 1.29 is 10.0 Å². The number of aryl methyl sites for hydroxylation is 1. The Morgan fingerprint density at radius 3 is 2.72 bits per heavy atom. The van der Waals surface area contributed by atoms with Gasteiger partial charge in [0.25, 0.3) is 5.69 Å². The zero-order valence-electron chi connectivity index (χ0n) is 9.99. The van der Waals surface area contributed by atoms with Crippen molar-refractivity contribution in [2.45, 2.75) is 20.4 Å². The monoisotopic (exact) mass is 248 g/mol. The van der Waals surface area contributed by atoms with Gasteiger partial charge in [-0.25, -0.2) is 0 Å². The van der Waals surface area contributed by atoms with Crippen LogP contribution >= 0.6 is 0 Å². The molecule has 0 radical (unpaired) electrons. The standard InChI is InChI=1S/C11H12N4O3/c1-7-3-12-10(8(2)11(7)15(17)18)6-14-5-9(16)4-13-14/h3-5,16H,6H2,1-2H3. The van der Waals surface area contributed by atoms with Gasteiger partial charge in [0.15, 0.2) is 5.75 Å². The summed E-state index contributed by atoms with van der Waals surface area (Å²) < 4.78 is 1.48. The predicted molar refractivity (Wildman–Crippen MR) is 63.4 cm³/mol. The molecule has 1 N–H and O–H groups in total. The molecule has 2 rings (SSSR count). The van der Waals surface area contributed by atoms with E-state index >= 15 is 0 Å². The van der Waals surface area contributed by atoms with Crippen LogP contribution in [0.2, 0.25) is 0 Å². The topological polar surface area (TPSA) is 94.1 Å². The second-order valence-electron chi connectivity index (χ2n) is 4.01. The molecule has 2 aromatic heterocycles. The molecular formula is C11H12N4O3. The zero-order valence-corrected chi connectivity index (χ0v) is 9.99. The number of pyridine rings is 1. The predicted octanol–water partition coefficient (Wildman–Crippen LogP) is 1.56. The highest BCUT2D eigenvalue weighted by Crippen LogP contribution is 2.24. The molecule has 18 heavy (non-hydrogen) atoms. The minimum atomic E-state index is -0.406. The molecule has 0 aliphatic heterocycles. The zero-order chi connectivity index (χ0) is 13.3. The van der Waals surface area contributed by atoms with Crippen molar-refractivity contribution in [2.75, 3.05) is 0 Å². The highest BCUT2D eigenvalue weighted by molar-refractivity contribution is 5.47. The van der Waals surface area contributed by atoms with Crippen molar-refractivity contribution in [2.24, 2.45) is 0 Å². The molecule has 2 heterocycles. The Balaban J connectivity index is 2.40. The highest BCUT2D eigenvalue weighted by atomic mass is 16.6. The van der Waals surface area contributed by atoms with Crippen molar-refractivity contribution in [3.63, 3.8) is 0 Å². The molecule has 0 saturated heterocycles. The van der Waals surface area contributed by atoms with Crippen LogP contribution in [0.5, 0.6) is 5.75 Å². The first-order valence-corrected chi connectivity index (χ1v) is 5.30. The van der Waals surface area contributed by atoms with Crippen LogP contribution in [-0.2, 0) is 6.54 Å². The summed E-state index contributed by atoms with van der Waals surface area (Å²) in [5.41, 5.74) is 1.70. The molecule has 0 saturated carbocycles. The van der Waals surface area contributed by atoms with Crippen LogP contribution < -0.4 is 0 Å². The Kier molecular flexibility index (Phi) is 2.97. The summed E-state index contributed by atoms with van der Waals surface area (Å²) in [5, 5.41) is 24.0. The lowest BCUT2D eigenvalue weighted by atomic mass is 10.1. The maximum absolute atomic E-state index is 11.0. The summed E-state index contributed by atoms with van der Waals surface area (Å²) in [6.45, 7) is 3.60. The maximum Gasteiger partial charge on any atom is 0.278 e. The van der Waals surface area contributed by atoms with Crippen LogP contribution in [0.1, 0.15) is 16.8 Å². The minimum absolute atomic E-state index is 0.0502. The first-order chi connectivity index (χ1) is 8.49. The molecule has 7 heteroatoms. The third kappa shape index (κ3) is 2.15. The van der Waals surface area contributed by atoms with Gasteiger partial charge >= 0.3 is 0 Å². The Morgan fingerprint density at radius 1 is 1.44 bits per heavy atom. The first-order valence-electron chi connectivity index (χ1n) is 5.30. The van der Waals surface area contributed by atoms with Crippen molar-refractivity contribution in [1.29, 1.82) is 0 Å². The molecule has 0 atom stereocenters. The van der Waals surface area contributed by atoms with Gasteiger partial charge in [-0.1, -0.05) is 0 Å². The van der Waals surface area contributed by atoms with E-state index in [0.717, 1.165) is 0 Å². The number of aromatic hydroxyl groups is 1. The number of hydrogen-bond acceptors (Lipinski definition) is 5. The van der Waals surface area contributed by atoms with Crippen molar-refractivity contribution >= 4 is 5.69 Å². The van der Waals surface area contributed by atoms with Crippen LogP contribution in [0.25, 0.3) is 0 Å². The fraction of sp³-hybridized carbons (Fsp3) is 0.273. The molecule has 2 aromatic rings. The largest absolute Gasteiger partial charge is 0.505 e. The molecule has 0 amide bonds. The number of hydrogen-bond donors (Lipinski definition) is 1. The second kappa shape index (κ2) is 4.44. The van der Waals surface area contributed by atoms with Gasteiger partial charge in [0.1, 0.15) is 0 Å². The van der Waals surface area contributed by atoms with E-state index in [4.69, 9.17) is 0 Å². The third-order valence-corrected chi connectivity index (χ3v) is 2.69. The van der Waals surface area contributed by atoms with Gasteiger partial charge in [-0.05, 0) is 13.8 Å². The lowest BCUT2D eigenvalue weighted by Gasteiger charge is -2.07. The number of aromatic nitrogens is 3. The summed E-state index contributed by atoms with van der Waals surface area (Å²) in [6, 6.07) is 0. The van der Waals surface area contributed by atoms with E-state index in [1.807, 2.05) is 0 Å². The Hall–Kier alpha value is -2.44. The molecule has 0 spiro atoms. The molecule has 0 aliphatic carbocycles. The second-order valence-corrected chi connectivity index (χ2v) is 4.01. The molecule has 0 unspecified atom stereocenters. The third-order valence-electron chi connectivity index (χ3n) is 2.69. The Labute approximate surface area is 103 Å². The number of nitro groups is 1. The molecule has 0 aromatic carbocycles. The molecule has 0 fully saturated rings. The number of nitrogens with zero attached hydrogens (tertiary/aromatic N) is 4. The van der Waals surface area contributed by atoms with Crippen LogP contribution in [0.3, 0.4) is 0 Å². The highest BCUT2D eigenvalue weighted by Gasteiger charge is 2.18. The quantitative estimate of drug-likeness (QED) is 0.657. The van der Waals surface area contributed by atoms with E-state index in [-0.39, 0.29) is 18.0 Å². The lowest BCUT2D eigenvalue weighted by molar-refractivity contribution is -0.386. The molecular weight excluding hydrogens is 236 g/mol. The molecule has 94 valence electrons. The van der Waals surface area contributed by atoms with Crippen LogP contribution in [0.4, 0.5) is 5.69 Å². The van der Waals surface area contributed by atoms with Gasteiger partial charge in [0.2, 0.25) is 0 Å². The van der Waals surface area contributed by atoms with E-state index in [0.29, 0.717) is 16.8 Å².